The van der Waals surface area contributed by atoms with Crippen molar-refractivity contribution in [3.63, 3.8) is 0 Å². The Morgan fingerprint density at radius 1 is 0.383 bits per heavy atom. The fourth-order valence-electron chi connectivity index (χ4n) is 7.54. The quantitative estimate of drug-likeness (QED) is 0.198. The maximum atomic E-state index is 4.90. The Hall–Kier alpha value is -6.25. The summed E-state index contributed by atoms with van der Waals surface area (Å²) in [5.74, 6) is 0. The number of para-hydroxylation sites is 2. The van der Waals surface area contributed by atoms with Crippen molar-refractivity contribution in [1.82, 2.24) is 9.55 Å². The second kappa shape index (κ2) is 10.1. The number of rotatable bonds is 4. The van der Waals surface area contributed by atoms with Gasteiger partial charge < -0.3 is 4.57 Å². The van der Waals surface area contributed by atoms with Gasteiger partial charge in [0.15, 0.2) is 0 Å². The molecule has 2 aromatic heterocycles. The van der Waals surface area contributed by atoms with E-state index in [1.54, 1.807) is 0 Å². The molecule has 2 heterocycles. The van der Waals surface area contributed by atoms with Gasteiger partial charge in [-0.15, -0.1) is 0 Å². The molecule has 0 amide bonds. The molecule has 0 radical (unpaired) electrons. The van der Waals surface area contributed by atoms with Gasteiger partial charge in [-0.1, -0.05) is 127 Å². The van der Waals surface area contributed by atoms with Crippen molar-refractivity contribution >= 4 is 32.6 Å². The van der Waals surface area contributed by atoms with Crippen molar-refractivity contribution in [2.75, 3.05) is 0 Å². The Bertz CT molecular complexity index is 2640. The lowest BCUT2D eigenvalue weighted by Crippen LogP contribution is -1.92. The first-order valence-electron chi connectivity index (χ1n) is 16.1. The van der Waals surface area contributed by atoms with Crippen LogP contribution in [0.4, 0.5) is 0 Å². The van der Waals surface area contributed by atoms with Crippen molar-refractivity contribution < 1.29 is 0 Å². The van der Waals surface area contributed by atoms with Crippen molar-refractivity contribution in [3.8, 4) is 61.5 Å². The van der Waals surface area contributed by atoms with Gasteiger partial charge in [-0.2, -0.15) is 0 Å². The lowest BCUT2D eigenvalue weighted by atomic mass is 9.97. The van der Waals surface area contributed by atoms with Crippen LogP contribution in [0.2, 0.25) is 0 Å². The van der Waals surface area contributed by atoms with Gasteiger partial charge in [-0.25, -0.2) is 0 Å². The zero-order valence-corrected chi connectivity index (χ0v) is 25.6. The van der Waals surface area contributed by atoms with Crippen LogP contribution in [0.5, 0.6) is 0 Å². The highest BCUT2D eigenvalue weighted by Crippen LogP contribution is 2.47. The van der Waals surface area contributed by atoms with E-state index in [0.717, 1.165) is 11.3 Å². The van der Waals surface area contributed by atoms with Crippen LogP contribution < -0.4 is 0 Å². The summed E-state index contributed by atoms with van der Waals surface area (Å²) >= 11 is 0. The Balaban J connectivity index is 0.959. The van der Waals surface area contributed by atoms with Crippen LogP contribution in [0.3, 0.4) is 0 Å². The fraction of sp³-hybridized carbons (Fsp3) is 0. The Morgan fingerprint density at radius 2 is 0.979 bits per heavy atom. The number of hydrogen-bond acceptors (Lipinski definition) is 1. The molecule has 7 aromatic carbocycles. The smallest absolute Gasteiger partial charge is 0.0708 e. The van der Waals surface area contributed by atoms with E-state index in [-0.39, 0.29) is 0 Å². The van der Waals surface area contributed by atoms with Gasteiger partial charge in [0.25, 0.3) is 0 Å². The molecule has 0 bridgehead atoms. The molecule has 218 valence electrons. The lowest BCUT2D eigenvalue weighted by molar-refractivity contribution is 1.18. The third-order valence-electron chi connectivity index (χ3n) is 9.81. The van der Waals surface area contributed by atoms with Gasteiger partial charge in [0.1, 0.15) is 0 Å². The van der Waals surface area contributed by atoms with Gasteiger partial charge in [0.05, 0.1) is 16.7 Å². The number of fused-ring (bicyclic) bond motifs is 6. The van der Waals surface area contributed by atoms with Gasteiger partial charge >= 0.3 is 0 Å². The van der Waals surface area contributed by atoms with Crippen LogP contribution in [0.15, 0.2) is 170 Å². The van der Waals surface area contributed by atoms with Crippen LogP contribution >= 0.6 is 0 Å². The van der Waals surface area contributed by atoms with Gasteiger partial charge in [-0.3, -0.25) is 4.98 Å². The molecule has 47 heavy (non-hydrogen) atoms. The summed E-state index contributed by atoms with van der Waals surface area (Å²) in [5, 5.41) is 5.15. The van der Waals surface area contributed by atoms with Gasteiger partial charge in [-0.05, 0) is 86.1 Å². The standard InChI is InChI=1S/C45H28N2/c1-2-10-35(11-3-1)47-43-15-5-4-12-36(43)40-26-34(24-25-44(40)47)31-18-16-29(17-19-31)30-20-22-32(23-21-30)42-27-39-37-13-6-8-33-9-7-14-38(45(33)37)41(39)28-46-42/h1-28H. The summed E-state index contributed by atoms with van der Waals surface area (Å²) in [6, 6.07) is 59.2. The van der Waals surface area contributed by atoms with Crippen LogP contribution in [0, 0.1) is 0 Å². The molecule has 1 aliphatic carbocycles. The minimum absolute atomic E-state index is 1.000. The SMILES string of the molecule is c1ccc(-n2c3ccccc3c3cc(-c4ccc(-c5ccc(-c6cc7c(cn6)-c6cccc8cccc-7c68)cc5)cc4)ccc32)cc1. The first-order valence-corrected chi connectivity index (χ1v) is 16.1. The Kier molecular flexibility index (Phi) is 5.61. The maximum absolute atomic E-state index is 4.90. The van der Waals surface area contributed by atoms with Gasteiger partial charge in [0.2, 0.25) is 0 Å². The topological polar surface area (TPSA) is 17.8 Å². The van der Waals surface area contributed by atoms with Gasteiger partial charge in [0, 0.05) is 33.8 Å². The molecule has 1 aliphatic rings. The molecule has 0 spiro atoms. The number of aromatic nitrogens is 2. The van der Waals surface area contributed by atoms with Crippen molar-refractivity contribution in [2.45, 2.75) is 0 Å². The molecule has 0 N–H and O–H groups in total. The van der Waals surface area contributed by atoms with Crippen molar-refractivity contribution in [2.24, 2.45) is 0 Å². The molecule has 0 unspecified atom stereocenters. The zero-order chi connectivity index (χ0) is 30.9. The average molecular weight is 597 g/mol. The number of hydrogen-bond donors (Lipinski definition) is 0. The van der Waals surface area contributed by atoms with Crippen LogP contribution in [0.25, 0.3) is 94.0 Å². The summed E-state index contributed by atoms with van der Waals surface area (Å²) in [7, 11) is 0. The molecule has 2 nitrogen and oxygen atoms in total. The number of pyridine rings is 1. The minimum Gasteiger partial charge on any atom is -0.309 e. The second-order valence-electron chi connectivity index (χ2n) is 12.4. The predicted molar refractivity (Wildman–Crippen MR) is 197 cm³/mol. The average Bonchev–Trinajstić information content (AvgIpc) is 3.65. The molecule has 0 aliphatic heterocycles. The lowest BCUT2D eigenvalue weighted by Gasteiger charge is -2.09. The monoisotopic (exact) mass is 596 g/mol. The van der Waals surface area contributed by atoms with E-state index in [1.165, 1.54) is 82.8 Å². The molecular weight excluding hydrogens is 569 g/mol. The number of nitrogens with zero attached hydrogens (tertiary/aromatic N) is 2. The zero-order valence-electron chi connectivity index (χ0n) is 25.6. The first-order chi connectivity index (χ1) is 23.3. The molecule has 0 saturated carbocycles. The third kappa shape index (κ3) is 4.02. The summed E-state index contributed by atoms with van der Waals surface area (Å²) in [4.78, 5) is 4.90. The summed E-state index contributed by atoms with van der Waals surface area (Å²) < 4.78 is 2.36. The van der Waals surface area contributed by atoms with Crippen LogP contribution in [-0.4, -0.2) is 9.55 Å². The van der Waals surface area contributed by atoms with Crippen LogP contribution in [0.1, 0.15) is 0 Å². The van der Waals surface area contributed by atoms with E-state index in [4.69, 9.17) is 4.98 Å². The molecule has 0 fully saturated rings. The third-order valence-corrected chi connectivity index (χ3v) is 9.81. The molecular formula is C45H28N2. The van der Waals surface area contributed by atoms with E-state index in [2.05, 4.69) is 168 Å². The van der Waals surface area contributed by atoms with E-state index in [0.29, 0.717) is 0 Å². The minimum atomic E-state index is 1.000. The summed E-state index contributed by atoms with van der Waals surface area (Å²) in [6.45, 7) is 0. The summed E-state index contributed by atoms with van der Waals surface area (Å²) in [6.07, 6.45) is 2.04. The molecule has 10 rings (SSSR count). The first kappa shape index (κ1) is 26.0. The molecule has 9 aromatic rings. The normalized spacial score (nSPS) is 11.8. The van der Waals surface area contributed by atoms with Crippen molar-refractivity contribution in [3.05, 3.63) is 170 Å². The largest absolute Gasteiger partial charge is 0.309 e. The van der Waals surface area contributed by atoms with E-state index >= 15 is 0 Å². The molecule has 0 atom stereocenters. The van der Waals surface area contributed by atoms with Crippen LogP contribution in [-0.2, 0) is 0 Å². The highest BCUT2D eigenvalue weighted by atomic mass is 15.0. The van der Waals surface area contributed by atoms with E-state index in [1.807, 2.05) is 6.20 Å². The molecule has 2 heteroatoms. The number of benzene rings is 7. The Labute approximate surface area is 272 Å². The second-order valence-corrected chi connectivity index (χ2v) is 12.4. The Morgan fingerprint density at radius 3 is 1.72 bits per heavy atom. The fourth-order valence-corrected chi connectivity index (χ4v) is 7.54. The summed E-state index contributed by atoms with van der Waals surface area (Å²) in [5.41, 5.74) is 15.6. The highest BCUT2D eigenvalue weighted by Gasteiger charge is 2.22. The predicted octanol–water partition coefficient (Wildman–Crippen LogP) is 12.0. The highest BCUT2D eigenvalue weighted by molar-refractivity contribution is 6.15. The maximum Gasteiger partial charge on any atom is 0.0708 e. The van der Waals surface area contributed by atoms with E-state index in [9.17, 15) is 0 Å². The van der Waals surface area contributed by atoms with E-state index < -0.39 is 0 Å². The van der Waals surface area contributed by atoms with Crippen molar-refractivity contribution in [1.29, 1.82) is 0 Å². The molecule has 0 saturated heterocycles.